The molecule has 0 unspecified atom stereocenters. The van der Waals surface area contributed by atoms with Crippen molar-refractivity contribution in [3.8, 4) is 5.69 Å². The Kier molecular flexibility index (Phi) is 3.41. The molecule has 5 nitrogen and oxygen atoms in total. The van der Waals surface area contributed by atoms with Gasteiger partial charge in [-0.05, 0) is 29.7 Å². The monoisotopic (exact) mass is 345 g/mol. The van der Waals surface area contributed by atoms with Crippen LogP contribution in [0.15, 0.2) is 61.1 Å². The molecule has 2 aromatic heterocycles. The van der Waals surface area contributed by atoms with Crippen molar-refractivity contribution in [2.24, 2.45) is 0 Å². The summed E-state index contributed by atoms with van der Waals surface area (Å²) < 4.78 is 15.7. The van der Waals surface area contributed by atoms with Gasteiger partial charge in [-0.2, -0.15) is 5.10 Å². The van der Waals surface area contributed by atoms with Crippen LogP contribution in [0.1, 0.15) is 11.1 Å². The standard InChI is InChI=1S/C20H16FN5/c21-17-7-3-4-8-18(17)26-20-16(11-24-26)19(22-13-23-20)25-10-9-14-5-1-2-6-15(14)12-25/h1-8,11,13H,9-10,12H2. The van der Waals surface area contributed by atoms with Gasteiger partial charge in [-0.1, -0.05) is 36.4 Å². The number of halogens is 1. The predicted molar refractivity (Wildman–Crippen MR) is 97.8 cm³/mol. The van der Waals surface area contributed by atoms with Gasteiger partial charge in [-0.25, -0.2) is 19.0 Å². The quantitative estimate of drug-likeness (QED) is 0.558. The van der Waals surface area contributed by atoms with Crippen LogP contribution in [0, 0.1) is 5.82 Å². The Balaban J connectivity index is 1.60. The number of hydrogen-bond donors (Lipinski definition) is 0. The van der Waals surface area contributed by atoms with Crippen molar-refractivity contribution in [1.82, 2.24) is 19.7 Å². The SMILES string of the molecule is Fc1ccccc1-n1ncc2c(N3CCc4ccccc4C3)ncnc21. The Morgan fingerprint density at radius 1 is 0.923 bits per heavy atom. The van der Waals surface area contributed by atoms with Gasteiger partial charge >= 0.3 is 0 Å². The first-order chi connectivity index (χ1) is 12.8. The molecular weight excluding hydrogens is 329 g/mol. The molecule has 128 valence electrons. The molecular formula is C20H16FN5. The summed E-state index contributed by atoms with van der Waals surface area (Å²) in [4.78, 5) is 11.1. The molecule has 6 heteroatoms. The highest BCUT2D eigenvalue weighted by atomic mass is 19.1. The second-order valence-electron chi connectivity index (χ2n) is 6.38. The highest BCUT2D eigenvalue weighted by Gasteiger charge is 2.21. The minimum atomic E-state index is -0.329. The van der Waals surface area contributed by atoms with Crippen molar-refractivity contribution in [2.75, 3.05) is 11.4 Å². The Morgan fingerprint density at radius 3 is 2.62 bits per heavy atom. The van der Waals surface area contributed by atoms with E-state index in [4.69, 9.17) is 0 Å². The lowest BCUT2D eigenvalue weighted by atomic mass is 10.00. The van der Waals surface area contributed by atoms with Crippen LogP contribution in [0.5, 0.6) is 0 Å². The number of nitrogens with zero attached hydrogens (tertiary/aromatic N) is 5. The summed E-state index contributed by atoms with van der Waals surface area (Å²) in [7, 11) is 0. The molecule has 0 aliphatic carbocycles. The molecule has 1 aliphatic heterocycles. The van der Waals surface area contributed by atoms with Gasteiger partial charge in [0.05, 0.1) is 11.6 Å². The summed E-state index contributed by atoms with van der Waals surface area (Å²) in [6.45, 7) is 1.68. The zero-order valence-corrected chi connectivity index (χ0v) is 14.0. The zero-order valence-electron chi connectivity index (χ0n) is 14.0. The molecule has 3 heterocycles. The fraction of sp³-hybridized carbons (Fsp3) is 0.150. The first-order valence-electron chi connectivity index (χ1n) is 8.56. The average Bonchev–Trinajstić information content (AvgIpc) is 3.12. The van der Waals surface area contributed by atoms with Crippen molar-refractivity contribution in [3.63, 3.8) is 0 Å². The van der Waals surface area contributed by atoms with Crippen LogP contribution in [-0.2, 0) is 13.0 Å². The highest BCUT2D eigenvalue weighted by Crippen LogP contribution is 2.29. The summed E-state index contributed by atoms with van der Waals surface area (Å²) in [5.74, 6) is 0.511. The molecule has 0 fully saturated rings. The van der Waals surface area contributed by atoms with E-state index in [9.17, 15) is 4.39 Å². The van der Waals surface area contributed by atoms with Crippen molar-refractivity contribution in [2.45, 2.75) is 13.0 Å². The van der Waals surface area contributed by atoms with Crippen LogP contribution in [0.2, 0.25) is 0 Å². The molecule has 1 aliphatic rings. The predicted octanol–water partition coefficient (Wildman–Crippen LogP) is 3.52. The number of hydrogen-bond acceptors (Lipinski definition) is 4. The Labute approximate surface area is 149 Å². The van der Waals surface area contributed by atoms with Crippen LogP contribution in [0.4, 0.5) is 10.2 Å². The summed E-state index contributed by atoms with van der Waals surface area (Å²) in [6, 6.07) is 15.0. The Hall–Kier alpha value is -3.28. The van der Waals surface area contributed by atoms with E-state index in [1.54, 1.807) is 24.4 Å². The molecule has 0 saturated heterocycles. The fourth-order valence-corrected chi connectivity index (χ4v) is 3.56. The molecule has 26 heavy (non-hydrogen) atoms. The number of anilines is 1. The van der Waals surface area contributed by atoms with Crippen LogP contribution in [0.3, 0.4) is 0 Å². The molecule has 2 aromatic carbocycles. The summed E-state index contributed by atoms with van der Waals surface area (Å²) in [5, 5.41) is 5.20. The topological polar surface area (TPSA) is 46.8 Å². The van der Waals surface area contributed by atoms with E-state index in [1.807, 2.05) is 0 Å². The molecule has 4 aromatic rings. The number of aromatic nitrogens is 4. The molecule has 0 saturated carbocycles. The average molecular weight is 345 g/mol. The van der Waals surface area contributed by atoms with Crippen molar-refractivity contribution in [3.05, 3.63) is 78.0 Å². The minimum absolute atomic E-state index is 0.329. The molecule has 5 rings (SSSR count). The summed E-state index contributed by atoms with van der Waals surface area (Å²) in [6.07, 6.45) is 4.22. The largest absolute Gasteiger partial charge is 0.351 e. The van der Waals surface area contributed by atoms with Gasteiger partial charge in [-0.3, -0.25) is 0 Å². The fourth-order valence-electron chi connectivity index (χ4n) is 3.56. The van der Waals surface area contributed by atoms with Gasteiger partial charge in [0.2, 0.25) is 0 Å². The second-order valence-corrected chi connectivity index (χ2v) is 6.38. The number of benzene rings is 2. The van der Waals surface area contributed by atoms with E-state index in [-0.39, 0.29) is 5.82 Å². The lowest BCUT2D eigenvalue weighted by molar-refractivity contribution is 0.612. The van der Waals surface area contributed by atoms with Gasteiger partial charge in [0.1, 0.15) is 23.6 Å². The normalized spacial score (nSPS) is 13.8. The van der Waals surface area contributed by atoms with Crippen molar-refractivity contribution >= 4 is 16.9 Å². The van der Waals surface area contributed by atoms with E-state index < -0.39 is 0 Å². The maximum Gasteiger partial charge on any atom is 0.168 e. The van der Waals surface area contributed by atoms with Crippen LogP contribution >= 0.6 is 0 Å². The first-order valence-corrected chi connectivity index (χ1v) is 8.56. The lowest BCUT2D eigenvalue weighted by Crippen LogP contribution is -2.31. The van der Waals surface area contributed by atoms with Gasteiger partial charge in [0.25, 0.3) is 0 Å². The van der Waals surface area contributed by atoms with Gasteiger partial charge in [-0.15, -0.1) is 0 Å². The lowest BCUT2D eigenvalue weighted by Gasteiger charge is -2.29. The van der Waals surface area contributed by atoms with E-state index in [1.165, 1.54) is 28.2 Å². The summed E-state index contributed by atoms with van der Waals surface area (Å²) >= 11 is 0. The van der Waals surface area contributed by atoms with Crippen LogP contribution < -0.4 is 4.90 Å². The molecule has 0 amide bonds. The molecule has 0 bridgehead atoms. The van der Waals surface area contributed by atoms with Crippen LogP contribution in [-0.4, -0.2) is 26.3 Å². The van der Waals surface area contributed by atoms with Crippen molar-refractivity contribution in [1.29, 1.82) is 0 Å². The maximum absolute atomic E-state index is 14.2. The van der Waals surface area contributed by atoms with E-state index in [2.05, 4.69) is 44.2 Å². The number of rotatable bonds is 2. The minimum Gasteiger partial charge on any atom is -0.351 e. The molecule has 0 spiro atoms. The molecule has 0 N–H and O–H groups in total. The molecule has 0 atom stereocenters. The summed E-state index contributed by atoms with van der Waals surface area (Å²) in [5.41, 5.74) is 3.69. The third-order valence-electron chi connectivity index (χ3n) is 4.86. The zero-order chi connectivity index (χ0) is 17.5. The Morgan fingerprint density at radius 2 is 1.73 bits per heavy atom. The Bertz CT molecular complexity index is 1100. The maximum atomic E-state index is 14.2. The number of fused-ring (bicyclic) bond motifs is 2. The number of para-hydroxylation sites is 1. The van der Waals surface area contributed by atoms with Crippen molar-refractivity contribution < 1.29 is 4.39 Å². The third kappa shape index (κ3) is 2.34. The van der Waals surface area contributed by atoms with E-state index in [0.29, 0.717) is 11.3 Å². The second kappa shape index (κ2) is 5.91. The smallest absolute Gasteiger partial charge is 0.168 e. The highest BCUT2D eigenvalue weighted by molar-refractivity contribution is 5.87. The third-order valence-corrected chi connectivity index (χ3v) is 4.86. The van der Waals surface area contributed by atoms with Crippen LogP contribution in [0.25, 0.3) is 16.7 Å². The first kappa shape index (κ1) is 15.0. The molecule has 0 radical (unpaired) electrons. The van der Waals surface area contributed by atoms with E-state index >= 15 is 0 Å². The van der Waals surface area contributed by atoms with Gasteiger partial charge in [0.15, 0.2) is 5.65 Å². The van der Waals surface area contributed by atoms with Gasteiger partial charge < -0.3 is 4.90 Å². The van der Waals surface area contributed by atoms with E-state index in [0.717, 1.165) is 30.7 Å². The van der Waals surface area contributed by atoms with Gasteiger partial charge in [0, 0.05) is 13.1 Å².